The van der Waals surface area contributed by atoms with Crippen molar-refractivity contribution in [3.05, 3.63) is 68.1 Å². The zero-order valence-electron chi connectivity index (χ0n) is 10.3. The Morgan fingerprint density at radius 1 is 0.778 bits per heavy atom. The fourth-order valence-electron chi connectivity index (χ4n) is 1.12. The van der Waals surface area contributed by atoms with Gasteiger partial charge < -0.3 is 16.8 Å². The molecule has 0 aliphatic heterocycles. The number of hydrogen-bond donors (Lipinski definition) is 3. The number of anilines is 3. The molecule has 0 fully saturated rings. The van der Waals surface area contributed by atoms with Crippen LogP contribution in [0.3, 0.4) is 0 Å². The molecule has 5 N–H and O–H groups in total. The molecule has 0 aromatic heterocycles. The van der Waals surface area contributed by atoms with E-state index in [1.54, 1.807) is 0 Å². The van der Waals surface area contributed by atoms with Crippen molar-refractivity contribution in [2.75, 3.05) is 16.8 Å². The number of rotatable bonds is 1. The molecule has 2 rings (SSSR count). The second-order valence-electron chi connectivity index (χ2n) is 3.54. The zero-order chi connectivity index (χ0) is 12.7. The van der Waals surface area contributed by atoms with Gasteiger partial charge in [0.1, 0.15) is 0 Å². The Morgan fingerprint density at radius 3 is 1.50 bits per heavy atom. The summed E-state index contributed by atoms with van der Waals surface area (Å²) in [4.78, 5) is 0. The summed E-state index contributed by atoms with van der Waals surface area (Å²) in [6.45, 7) is 3.71. The molecule has 2 aromatic carbocycles. The van der Waals surface area contributed by atoms with Crippen LogP contribution in [0.4, 0.5) is 17.1 Å². The van der Waals surface area contributed by atoms with Gasteiger partial charge in [0.25, 0.3) is 0 Å². The molecule has 0 atom stereocenters. The first-order chi connectivity index (χ1) is 8.11. The Hall–Kier alpha value is -1.19. The number of nitrogens with one attached hydrogen (secondary N) is 1. The van der Waals surface area contributed by atoms with E-state index in [0.29, 0.717) is 0 Å². The molecule has 1 radical (unpaired) electrons. The second kappa shape index (κ2) is 8.84. The van der Waals surface area contributed by atoms with Crippen LogP contribution in [-0.4, -0.2) is 0 Å². The van der Waals surface area contributed by atoms with Gasteiger partial charge in [-0.1, -0.05) is 12.1 Å². The molecule has 0 unspecified atom stereocenters. The second-order valence-corrected chi connectivity index (χ2v) is 3.54. The van der Waals surface area contributed by atoms with Crippen molar-refractivity contribution in [1.29, 1.82) is 0 Å². The summed E-state index contributed by atoms with van der Waals surface area (Å²) >= 11 is 0. The molecule has 0 aliphatic rings. The molecule has 0 amide bonds. The summed E-state index contributed by atoms with van der Waals surface area (Å²) in [5, 5.41) is 2.75. The number of nitrogen functional groups attached to an aromatic ring is 2. The first kappa shape index (κ1) is 16.8. The quantitative estimate of drug-likeness (QED) is 0.560. The average Bonchev–Trinajstić information content (AvgIpc) is 2.35. The van der Waals surface area contributed by atoms with E-state index in [0.717, 1.165) is 22.6 Å². The standard InChI is InChI=1S/C7H9N2.C7H8N.Y/c1-9-7-4-2-6(8)3-5-7;1-6-2-4-7(8)5-3-6;/h2-5,9H,1,8H2;2-5H,1,8H2;/q2*-1;. The van der Waals surface area contributed by atoms with E-state index in [2.05, 4.69) is 19.3 Å². The van der Waals surface area contributed by atoms with Crippen molar-refractivity contribution < 1.29 is 32.7 Å². The van der Waals surface area contributed by atoms with Gasteiger partial charge >= 0.3 is 0 Å². The fourth-order valence-corrected chi connectivity index (χ4v) is 1.12. The van der Waals surface area contributed by atoms with Gasteiger partial charge in [0, 0.05) is 49.8 Å². The summed E-state index contributed by atoms with van der Waals surface area (Å²) in [6, 6.07) is 14.8. The summed E-state index contributed by atoms with van der Waals surface area (Å²) in [7, 11) is 3.49. The minimum Gasteiger partial charge on any atom is -0.538 e. The van der Waals surface area contributed by atoms with Gasteiger partial charge in [0.05, 0.1) is 0 Å². The van der Waals surface area contributed by atoms with Crippen molar-refractivity contribution >= 4 is 17.1 Å². The van der Waals surface area contributed by atoms with Crippen molar-refractivity contribution in [3.8, 4) is 0 Å². The fraction of sp³-hybridized carbons (Fsp3) is 0. The maximum absolute atomic E-state index is 5.43. The third-order valence-electron chi connectivity index (χ3n) is 2.09. The molecular weight excluding hydrogens is 299 g/mol. The zero-order valence-corrected chi connectivity index (χ0v) is 13.1. The van der Waals surface area contributed by atoms with Crippen molar-refractivity contribution in [3.63, 3.8) is 0 Å². The predicted molar refractivity (Wildman–Crippen MR) is 75.1 cm³/mol. The van der Waals surface area contributed by atoms with Gasteiger partial charge in [-0.3, -0.25) is 7.05 Å². The SMILES string of the molecule is [CH2-]Nc1ccc(N)cc1.[CH2-]c1ccc(N)cc1.[Y]. The normalized spacial score (nSPS) is 8.50. The van der Waals surface area contributed by atoms with Crippen molar-refractivity contribution in [2.45, 2.75) is 0 Å². The van der Waals surface area contributed by atoms with E-state index in [-0.39, 0.29) is 32.7 Å². The Morgan fingerprint density at radius 2 is 1.17 bits per heavy atom. The smallest absolute Gasteiger partial charge is 0.0315 e. The predicted octanol–water partition coefficient (Wildman–Crippen LogP) is 2.92. The van der Waals surface area contributed by atoms with Crippen molar-refractivity contribution in [1.82, 2.24) is 0 Å². The molecule has 4 heteroatoms. The number of benzene rings is 2. The minimum atomic E-state index is 0. The maximum atomic E-state index is 5.43. The molecule has 0 spiro atoms. The van der Waals surface area contributed by atoms with Crippen LogP contribution < -0.4 is 16.8 Å². The van der Waals surface area contributed by atoms with Crippen LogP contribution in [0.2, 0.25) is 0 Å². The van der Waals surface area contributed by atoms with Crippen LogP contribution in [0.1, 0.15) is 5.56 Å². The van der Waals surface area contributed by atoms with Gasteiger partial charge in [-0.05, 0) is 24.3 Å². The summed E-state index contributed by atoms with van der Waals surface area (Å²) in [6.07, 6.45) is 0. The van der Waals surface area contributed by atoms with Gasteiger partial charge in [-0.2, -0.15) is 24.6 Å². The Bertz CT molecular complexity index is 417. The van der Waals surface area contributed by atoms with E-state index in [1.807, 2.05) is 48.5 Å². The largest absolute Gasteiger partial charge is 0.538 e. The molecular formula is C14H17N3Y-2. The molecule has 2 aromatic rings. The molecule has 18 heavy (non-hydrogen) atoms. The minimum absolute atomic E-state index is 0. The van der Waals surface area contributed by atoms with Crippen LogP contribution in [0.15, 0.2) is 48.5 Å². The molecule has 0 heterocycles. The first-order valence-electron chi connectivity index (χ1n) is 5.18. The summed E-state index contributed by atoms with van der Waals surface area (Å²) < 4.78 is 0. The van der Waals surface area contributed by atoms with Crippen molar-refractivity contribution in [2.24, 2.45) is 0 Å². The average molecular weight is 316 g/mol. The van der Waals surface area contributed by atoms with Gasteiger partial charge in [0.15, 0.2) is 0 Å². The van der Waals surface area contributed by atoms with Gasteiger partial charge in [-0.15, -0.1) is 0 Å². The molecule has 0 bridgehead atoms. The Labute approximate surface area is 134 Å². The third-order valence-corrected chi connectivity index (χ3v) is 2.09. The van der Waals surface area contributed by atoms with E-state index < -0.39 is 0 Å². The number of nitrogens with two attached hydrogens (primary N) is 2. The van der Waals surface area contributed by atoms with E-state index in [4.69, 9.17) is 11.5 Å². The first-order valence-corrected chi connectivity index (χ1v) is 5.18. The topological polar surface area (TPSA) is 64.1 Å². The summed E-state index contributed by atoms with van der Waals surface area (Å²) in [5.74, 6) is 0. The molecule has 3 nitrogen and oxygen atoms in total. The monoisotopic (exact) mass is 316 g/mol. The van der Waals surface area contributed by atoms with Crippen LogP contribution in [0.25, 0.3) is 0 Å². The Kier molecular flexibility index (Phi) is 8.26. The van der Waals surface area contributed by atoms with Crippen LogP contribution in [0, 0.1) is 14.0 Å². The van der Waals surface area contributed by atoms with E-state index in [1.165, 1.54) is 0 Å². The molecule has 0 saturated carbocycles. The molecule has 93 valence electrons. The third kappa shape index (κ3) is 6.53. The van der Waals surface area contributed by atoms with Gasteiger partial charge in [0.2, 0.25) is 0 Å². The van der Waals surface area contributed by atoms with E-state index >= 15 is 0 Å². The van der Waals surface area contributed by atoms with Crippen LogP contribution in [0.5, 0.6) is 0 Å². The van der Waals surface area contributed by atoms with E-state index in [9.17, 15) is 0 Å². The molecule has 0 saturated heterocycles. The Balaban J connectivity index is 0.000000306. The maximum Gasteiger partial charge on any atom is 0.0315 e. The van der Waals surface area contributed by atoms with Crippen LogP contribution in [-0.2, 0) is 32.7 Å². The van der Waals surface area contributed by atoms with Crippen LogP contribution >= 0.6 is 0 Å². The molecule has 0 aliphatic carbocycles. The number of hydrogen-bond acceptors (Lipinski definition) is 3. The summed E-state index contributed by atoms with van der Waals surface area (Å²) in [5.41, 5.74) is 14.4. The van der Waals surface area contributed by atoms with Gasteiger partial charge in [-0.25, -0.2) is 0 Å².